The first-order valence-electron chi connectivity index (χ1n) is 8.69. The summed E-state index contributed by atoms with van der Waals surface area (Å²) in [4.78, 5) is 20.9. The summed E-state index contributed by atoms with van der Waals surface area (Å²) in [5.41, 5.74) is -0.213. The van der Waals surface area contributed by atoms with E-state index in [4.69, 9.17) is 0 Å². The molecule has 24 heavy (non-hydrogen) atoms. The van der Waals surface area contributed by atoms with Crippen LogP contribution in [0.3, 0.4) is 0 Å². The standard InChI is InChI=1S/C18H30N4O2/c1-18(2,3)15(23)14-20-17(24)7-9-21-10-12-22(13-11-21)16-6-4-5-8-19-16/h4-6,8,15,23H,7,9-14H2,1-3H3,(H,20,24). The Morgan fingerprint density at radius 2 is 2.00 bits per heavy atom. The Hall–Kier alpha value is -1.66. The summed E-state index contributed by atoms with van der Waals surface area (Å²) < 4.78 is 0. The minimum Gasteiger partial charge on any atom is -0.391 e. The monoisotopic (exact) mass is 334 g/mol. The molecule has 0 aromatic carbocycles. The van der Waals surface area contributed by atoms with Crippen LogP contribution in [0, 0.1) is 5.41 Å². The maximum absolute atomic E-state index is 11.9. The van der Waals surface area contributed by atoms with Gasteiger partial charge in [0.05, 0.1) is 6.10 Å². The van der Waals surface area contributed by atoms with Crippen LogP contribution in [0.2, 0.25) is 0 Å². The minimum absolute atomic E-state index is 0.00505. The number of nitrogens with zero attached hydrogens (tertiary/aromatic N) is 3. The number of carbonyl (C=O) groups excluding carboxylic acids is 1. The fourth-order valence-corrected chi connectivity index (χ4v) is 2.61. The van der Waals surface area contributed by atoms with Gasteiger partial charge in [0.15, 0.2) is 0 Å². The zero-order chi connectivity index (χ0) is 17.6. The van der Waals surface area contributed by atoms with E-state index in [1.54, 1.807) is 0 Å². The van der Waals surface area contributed by atoms with Crippen LogP contribution in [0.1, 0.15) is 27.2 Å². The van der Waals surface area contributed by atoms with Crippen LogP contribution < -0.4 is 10.2 Å². The molecule has 1 aromatic rings. The molecule has 134 valence electrons. The highest BCUT2D eigenvalue weighted by Gasteiger charge is 2.23. The quantitative estimate of drug-likeness (QED) is 0.816. The minimum atomic E-state index is -0.525. The highest BCUT2D eigenvalue weighted by Crippen LogP contribution is 2.18. The summed E-state index contributed by atoms with van der Waals surface area (Å²) in [5.74, 6) is 1.02. The molecule has 0 spiro atoms. The van der Waals surface area contributed by atoms with Gasteiger partial charge in [0.2, 0.25) is 5.91 Å². The maximum atomic E-state index is 11.9. The number of anilines is 1. The zero-order valence-corrected chi connectivity index (χ0v) is 15.0. The van der Waals surface area contributed by atoms with Gasteiger partial charge in [-0.25, -0.2) is 4.98 Å². The van der Waals surface area contributed by atoms with Gasteiger partial charge < -0.3 is 15.3 Å². The SMILES string of the molecule is CC(C)(C)C(O)CNC(=O)CCN1CCN(c2ccccn2)CC1. The molecule has 2 rings (SSSR count). The Kier molecular flexibility index (Phi) is 6.57. The maximum Gasteiger partial charge on any atom is 0.221 e. The molecule has 2 heterocycles. The molecule has 0 aliphatic carbocycles. The van der Waals surface area contributed by atoms with Crippen molar-refractivity contribution in [2.24, 2.45) is 5.41 Å². The number of pyridine rings is 1. The highest BCUT2D eigenvalue weighted by atomic mass is 16.3. The van der Waals surface area contributed by atoms with E-state index in [0.29, 0.717) is 13.0 Å². The van der Waals surface area contributed by atoms with E-state index < -0.39 is 6.10 Å². The molecule has 0 saturated carbocycles. The third-order valence-corrected chi connectivity index (χ3v) is 4.49. The molecular weight excluding hydrogens is 304 g/mol. The van der Waals surface area contributed by atoms with Crippen LogP contribution in [0.4, 0.5) is 5.82 Å². The molecule has 1 aliphatic heterocycles. The third-order valence-electron chi connectivity index (χ3n) is 4.49. The van der Waals surface area contributed by atoms with Gasteiger partial charge >= 0.3 is 0 Å². The van der Waals surface area contributed by atoms with Gasteiger partial charge in [-0.3, -0.25) is 9.69 Å². The number of piperazine rings is 1. The van der Waals surface area contributed by atoms with Crippen molar-refractivity contribution in [1.82, 2.24) is 15.2 Å². The second-order valence-corrected chi connectivity index (χ2v) is 7.45. The molecule has 0 radical (unpaired) electrons. The number of aromatic nitrogens is 1. The van der Waals surface area contributed by atoms with E-state index in [1.807, 2.05) is 45.2 Å². The lowest BCUT2D eigenvalue weighted by molar-refractivity contribution is -0.122. The van der Waals surface area contributed by atoms with E-state index in [0.717, 1.165) is 38.5 Å². The predicted octanol–water partition coefficient (Wildman–Crippen LogP) is 1.12. The predicted molar refractivity (Wildman–Crippen MR) is 96.0 cm³/mol. The molecule has 6 nitrogen and oxygen atoms in total. The van der Waals surface area contributed by atoms with Crippen molar-refractivity contribution in [3.8, 4) is 0 Å². The molecule has 1 aromatic heterocycles. The fourth-order valence-electron chi connectivity index (χ4n) is 2.61. The lowest BCUT2D eigenvalue weighted by Gasteiger charge is -2.35. The van der Waals surface area contributed by atoms with Crippen molar-refractivity contribution < 1.29 is 9.90 Å². The van der Waals surface area contributed by atoms with Gasteiger partial charge in [0.25, 0.3) is 0 Å². The van der Waals surface area contributed by atoms with Gasteiger partial charge in [-0.05, 0) is 17.5 Å². The third kappa shape index (κ3) is 5.76. The number of hydrogen-bond donors (Lipinski definition) is 2. The number of rotatable bonds is 6. The Morgan fingerprint density at radius 1 is 1.29 bits per heavy atom. The number of hydrogen-bond acceptors (Lipinski definition) is 5. The van der Waals surface area contributed by atoms with E-state index in [2.05, 4.69) is 20.1 Å². The number of aliphatic hydroxyl groups is 1. The van der Waals surface area contributed by atoms with Crippen molar-refractivity contribution in [3.63, 3.8) is 0 Å². The van der Waals surface area contributed by atoms with Gasteiger partial charge in [-0.2, -0.15) is 0 Å². The lowest BCUT2D eigenvalue weighted by Crippen LogP contribution is -2.47. The van der Waals surface area contributed by atoms with Crippen LogP contribution in [-0.2, 0) is 4.79 Å². The Morgan fingerprint density at radius 3 is 2.58 bits per heavy atom. The van der Waals surface area contributed by atoms with Crippen molar-refractivity contribution >= 4 is 11.7 Å². The normalized spacial score (nSPS) is 17.6. The Balaban J connectivity index is 1.65. The van der Waals surface area contributed by atoms with E-state index >= 15 is 0 Å². The van der Waals surface area contributed by atoms with Gasteiger partial charge in [-0.15, -0.1) is 0 Å². The number of carbonyl (C=O) groups is 1. The van der Waals surface area contributed by atoms with Crippen LogP contribution in [0.15, 0.2) is 24.4 Å². The molecule has 6 heteroatoms. The molecule has 1 fully saturated rings. The summed E-state index contributed by atoms with van der Waals surface area (Å²) in [6, 6.07) is 5.96. The number of amides is 1. The summed E-state index contributed by atoms with van der Waals surface area (Å²) >= 11 is 0. The molecule has 0 bridgehead atoms. The first-order chi connectivity index (χ1) is 11.4. The average Bonchev–Trinajstić information content (AvgIpc) is 2.58. The summed E-state index contributed by atoms with van der Waals surface area (Å²) in [6.45, 7) is 10.7. The van der Waals surface area contributed by atoms with E-state index in [9.17, 15) is 9.90 Å². The smallest absolute Gasteiger partial charge is 0.221 e. The van der Waals surface area contributed by atoms with Gasteiger partial charge in [-0.1, -0.05) is 26.8 Å². The topological polar surface area (TPSA) is 68.7 Å². The Bertz CT molecular complexity index is 508. The second kappa shape index (κ2) is 8.44. The fraction of sp³-hybridized carbons (Fsp3) is 0.667. The second-order valence-electron chi connectivity index (χ2n) is 7.45. The number of nitrogens with one attached hydrogen (secondary N) is 1. The first-order valence-corrected chi connectivity index (χ1v) is 8.69. The molecule has 1 saturated heterocycles. The number of aliphatic hydroxyl groups excluding tert-OH is 1. The molecule has 1 unspecified atom stereocenters. The molecule has 2 N–H and O–H groups in total. The van der Waals surface area contributed by atoms with E-state index in [1.165, 1.54) is 0 Å². The Labute approximate surface area is 144 Å². The van der Waals surface area contributed by atoms with Crippen LogP contribution in [0.25, 0.3) is 0 Å². The van der Waals surface area contributed by atoms with Crippen molar-refractivity contribution in [3.05, 3.63) is 24.4 Å². The van der Waals surface area contributed by atoms with Crippen LogP contribution in [-0.4, -0.2) is 66.3 Å². The molecule has 1 aliphatic rings. The molecular formula is C18H30N4O2. The average molecular weight is 334 g/mol. The van der Waals surface area contributed by atoms with Gasteiger partial charge in [0.1, 0.15) is 5.82 Å². The van der Waals surface area contributed by atoms with Crippen LogP contribution in [0.5, 0.6) is 0 Å². The zero-order valence-electron chi connectivity index (χ0n) is 15.0. The van der Waals surface area contributed by atoms with Crippen molar-refractivity contribution in [2.45, 2.75) is 33.3 Å². The summed E-state index contributed by atoms with van der Waals surface area (Å²) in [5, 5.41) is 12.8. The summed E-state index contributed by atoms with van der Waals surface area (Å²) in [7, 11) is 0. The molecule has 1 amide bonds. The van der Waals surface area contributed by atoms with Gasteiger partial charge in [0, 0.05) is 51.9 Å². The van der Waals surface area contributed by atoms with Crippen molar-refractivity contribution in [1.29, 1.82) is 0 Å². The van der Waals surface area contributed by atoms with Crippen LogP contribution >= 0.6 is 0 Å². The molecule has 1 atom stereocenters. The largest absolute Gasteiger partial charge is 0.391 e. The van der Waals surface area contributed by atoms with Crippen molar-refractivity contribution in [2.75, 3.05) is 44.2 Å². The lowest BCUT2D eigenvalue weighted by atomic mass is 9.89. The highest BCUT2D eigenvalue weighted by molar-refractivity contribution is 5.76. The summed E-state index contributed by atoms with van der Waals surface area (Å²) in [6.07, 6.45) is 1.77. The first kappa shape index (κ1) is 18.7. The van der Waals surface area contributed by atoms with E-state index in [-0.39, 0.29) is 11.3 Å².